The molecule has 6 nitrogen and oxygen atoms in total. The molecule has 2 aromatic rings. The predicted octanol–water partition coefficient (Wildman–Crippen LogP) is 2.86. The van der Waals surface area contributed by atoms with Crippen LogP contribution in [0.1, 0.15) is 5.56 Å². The van der Waals surface area contributed by atoms with Gasteiger partial charge in [-0.3, -0.25) is 0 Å². The Balaban J connectivity index is 1.96. The van der Waals surface area contributed by atoms with E-state index in [9.17, 15) is 4.79 Å². The van der Waals surface area contributed by atoms with Gasteiger partial charge in [-0.1, -0.05) is 18.2 Å². The van der Waals surface area contributed by atoms with Crippen LogP contribution in [-0.4, -0.2) is 26.5 Å². The Bertz CT molecular complexity index is 635. The molecule has 0 unspecified atom stereocenters. The van der Waals surface area contributed by atoms with Gasteiger partial charge in [0.15, 0.2) is 0 Å². The molecule has 2 N–H and O–H groups in total. The van der Waals surface area contributed by atoms with Gasteiger partial charge in [0.2, 0.25) is 0 Å². The summed E-state index contributed by atoms with van der Waals surface area (Å²) < 4.78 is 10.3. The number of hydrogen-bond donors (Lipinski definition) is 2. The molecule has 2 amide bonds. The Kier molecular flexibility index (Phi) is 5.37. The summed E-state index contributed by atoms with van der Waals surface area (Å²) in [6.07, 6.45) is 1.51. The number of carbonyl (C=O) groups is 1. The van der Waals surface area contributed by atoms with Crippen LogP contribution >= 0.6 is 0 Å². The number of anilines is 1. The van der Waals surface area contributed by atoms with Gasteiger partial charge in [-0.2, -0.15) is 5.10 Å². The molecule has 0 heterocycles. The zero-order valence-corrected chi connectivity index (χ0v) is 12.4. The molecule has 2 aromatic carbocycles. The molecular weight excluding hydrogens is 282 g/mol. The van der Waals surface area contributed by atoms with E-state index in [1.807, 2.05) is 18.2 Å². The number of hydrazone groups is 1. The quantitative estimate of drug-likeness (QED) is 0.658. The first-order chi connectivity index (χ1) is 10.7. The Morgan fingerprint density at radius 2 is 1.68 bits per heavy atom. The summed E-state index contributed by atoms with van der Waals surface area (Å²) in [5.41, 5.74) is 3.83. The van der Waals surface area contributed by atoms with Crippen molar-refractivity contribution in [3.8, 4) is 11.5 Å². The van der Waals surface area contributed by atoms with E-state index in [-0.39, 0.29) is 0 Å². The number of carbonyl (C=O) groups excluding carboxylic acids is 1. The summed E-state index contributed by atoms with van der Waals surface area (Å²) in [5, 5.41) is 6.55. The molecule has 0 spiro atoms. The molecule has 0 radical (unpaired) electrons. The maximum absolute atomic E-state index is 11.7. The lowest BCUT2D eigenvalue weighted by Crippen LogP contribution is -2.24. The van der Waals surface area contributed by atoms with Crippen molar-refractivity contribution in [3.63, 3.8) is 0 Å². The van der Waals surface area contributed by atoms with Crippen LogP contribution in [0.15, 0.2) is 53.6 Å². The SMILES string of the molecule is COc1cc(/C=N\NC(=O)Nc2ccccc2)cc(OC)c1. The Morgan fingerprint density at radius 3 is 2.27 bits per heavy atom. The lowest BCUT2D eigenvalue weighted by molar-refractivity contribution is 0.252. The standard InChI is InChI=1S/C16H17N3O3/c1-21-14-8-12(9-15(10-14)22-2)11-17-19-16(20)18-13-6-4-3-5-7-13/h3-11H,1-2H3,(H2,18,19,20)/b17-11-. The molecule has 6 heteroatoms. The van der Waals surface area contributed by atoms with Gasteiger partial charge >= 0.3 is 6.03 Å². The van der Waals surface area contributed by atoms with Crippen LogP contribution in [0.2, 0.25) is 0 Å². The van der Waals surface area contributed by atoms with E-state index in [4.69, 9.17) is 9.47 Å². The molecule has 0 aliphatic rings. The highest BCUT2D eigenvalue weighted by Crippen LogP contribution is 2.21. The average Bonchev–Trinajstić information content (AvgIpc) is 2.55. The van der Waals surface area contributed by atoms with Crippen LogP contribution in [0.3, 0.4) is 0 Å². The van der Waals surface area contributed by atoms with Crippen molar-refractivity contribution in [1.29, 1.82) is 0 Å². The third-order valence-electron chi connectivity index (χ3n) is 2.79. The largest absolute Gasteiger partial charge is 0.497 e. The molecular formula is C16H17N3O3. The second kappa shape index (κ2) is 7.68. The highest BCUT2D eigenvalue weighted by atomic mass is 16.5. The molecule has 0 aromatic heterocycles. The maximum atomic E-state index is 11.7. The lowest BCUT2D eigenvalue weighted by atomic mass is 10.2. The van der Waals surface area contributed by atoms with Gasteiger partial charge in [0.1, 0.15) is 11.5 Å². The van der Waals surface area contributed by atoms with Gasteiger partial charge in [-0.05, 0) is 24.3 Å². The molecule has 0 aliphatic heterocycles. The van der Waals surface area contributed by atoms with E-state index < -0.39 is 6.03 Å². The molecule has 0 atom stereocenters. The summed E-state index contributed by atoms with van der Waals surface area (Å²) in [6.45, 7) is 0. The van der Waals surface area contributed by atoms with Gasteiger partial charge < -0.3 is 14.8 Å². The molecule has 0 saturated carbocycles. The molecule has 0 fully saturated rings. The molecule has 114 valence electrons. The van der Waals surface area contributed by atoms with Gasteiger partial charge in [-0.25, -0.2) is 10.2 Å². The van der Waals surface area contributed by atoms with Gasteiger partial charge in [-0.15, -0.1) is 0 Å². The fourth-order valence-corrected chi connectivity index (χ4v) is 1.75. The second-order valence-electron chi connectivity index (χ2n) is 4.34. The Labute approximate surface area is 128 Å². The fourth-order valence-electron chi connectivity index (χ4n) is 1.75. The van der Waals surface area contributed by atoms with Crippen LogP contribution in [0.4, 0.5) is 10.5 Å². The van der Waals surface area contributed by atoms with Crippen LogP contribution in [0.5, 0.6) is 11.5 Å². The number of ether oxygens (including phenoxy) is 2. The highest BCUT2D eigenvalue weighted by molar-refractivity contribution is 5.90. The van der Waals surface area contributed by atoms with Crippen LogP contribution in [0, 0.1) is 0 Å². The molecule has 0 bridgehead atoms. The van der Waals surface area contributed by atoms with Crippen molar-refractivity contribution in [2.24, 2.45) is 5.10 Å². The molecule has 2 rings (SSSR count). The first-order valence-corrected chi connectivity index (χ1v) is 6.59. The van der Waals surface area contributed by atoms with Gasteiger partial charge in [0, 0.05) is 17.3 Å². The second-order valence-corrected chi connectivity index (χ2v) is 4.34. The van der Waals surface area contributed by atoms with E-state index >= 15 is 0 Å². The monoisotopic (exact) mass is 299 g/mol. The predicted molar refractivity (Wildman–Crippen MR) is 85.7 cm³/mol. The third kappa shape index (κ3) is 4.52. The van der Waals surface area contributed by atoms with Crippen molar-refractivity contribution in [3.05, 3.63) is 54.1 Å². The number of nitrogens with zero attached hydrogens (tertiary/aromatic N) is 1. The third-order valence-corrected chi connectivity index (χ3v) is 2.79. The van der Waals surface area contributed by atoms with Crippen LogP contribution in [0.25, 0.3) is 0 Å². The van der Waals surface area contributed by atoms with E-state index in [1.165, 1.54) is 6.21 Å². The maximum Gasteiger partial charge on any atom is 0.339 e. The van der Waals surface area contributed by atoms with Crippen molar-refractivity contribution in [2.75, 3.05) is 19.5 Å². The van der Waals surface area contributed by atoms with E-state index in [2.05, 4.69) is 15.8 Å². The minimum absolute atomic E-state index is 0.419. The smallest absolute Gasteiger partial charge is 0.339 e. The van der Waals surface area contributed by atoms with E-state index in [0.717, 1.165) is 5.56 Å². The van der Waals surface area contributed by atoms with E-state index in [0.29, 0.717) is 17.2 Å². The number of rotatable bonds is 5. The van der Waals surface area contributed by atoms with Crippen LogP contribution < -0.4 is 20.2 Å². The fraction of sp³-hybridized carbons (Fsp3) is 0.125. The molecule has 0 aliphatic carbocycles. The highest BCUT2D eigenvalue weighted by Gasteiger charge is 2.01. The van der Waals surface area contributed by atoms with Crippen molar-refractivity contribution >= 4 is 17.9 Å². The number of hydrogen-bond acceptors (Lipinski definition) is 4. The summed E-state index contributed by atoms with van der Waals surface area (Å²) in [5.74, 6) is 1.30. The summed E-state index contributed by atoms with van der Waals surface area (Å²) in [7, 11) is 3.14. The van der Waals surface area contributed by atoms with Crippen molar-refractivity contribution in [2.45, 2.75) is 0 Å². The van der Waals surface area contributed by atoms with Crippen LogP contribution in [-0.2, 0) is 0 Å². The molecule has 0 saturated heterocycles. The van der Waals surface area contributed by atoms with Gasteiger partial charge in [0.25, 0.3) is 0 Å². The Hall–Kier alpha value is -3.02. The number of nitrogens with one attached hydrogen (secondary N) is 2. The summed E-state index contributed by atoms with van der Waals surface area (Å²) in [4.78, 5) is 11.7. The average molecular weight is 299 g/mol. The van der Waals surface area contributed by atoms with Crippen molar-refractivity contribution < 1.29 is 14.3 Å². The van der Waals surface area contributed by atoms with Gasteiger partial charge in [0.05, 0.1) is 20.4 Å². The van der Waals surface area contributed by atoms with E-state index in [1.54, 1.807) is 44.6 Å². The Morgan fingerprint density at radius 1 is 1.05 bits per heavy atom. The number of methoxy groups -OCH3 is 2. The topological polar surface area (TPSA) is 72.0 Å². The molecule has 22 heavy (non-hydrogen) atoms. The van der Waals surface area contributed by atoms with Crippen molar-refractivity contribution in [1.82, 2.24) is 5.43 Å². The normalized spacial score (nSPS) is 10.3. The zero-order chi connectivity index (χ0) is 15.8. The summed E-state index contributed by atoms with van der Waals surface area (Å²) in [6, 6.07) is 14.0. The number of urea groups is 1. The number of benzene rings is 2. The summed E-state index contributed by atoms with van der Waals surface area (Å²) >= 11 is 0. The first-order valence-electron chi connectivity index (χ1n) is 6.59. The first kappa shape index (κ1) is 15.4. The number of para-hydroxylation sites is 1. The number of amides is 2. The minimum atomic E-state index is -0.419. The lowest BCUT2D eigenvalue weighted by Gasteiger charge is -2.06. The minimum Gasteiger partial charge on any atom is -0.497 e. The zero-order valence-electron chi connectivity index (χ0n) is 12.4.